The first kappa shape index (κ1) is 14.9. The van der Waals surface area contributed by atoms with Crippen LogP contribution >= 0.6 is 0 Å². The molecule has 1 aromatic carbocycles. The van der Waals surface area contributed by atoms with Crippen molar-refractivity contribution in [2.45, 2.75) is 47.0 Å². The van der Waals surface area contributed by atoms with Crippen LogP contribution in [-0.2, 0) is 5.41 Å². The number of hydrogen-bond acceptors (Lipinski definition) is 2. The largest absolute Gasteiger partial charge is 0.253 e. The summed E-state index contributed by atoms with van der Waals surface area (Å²) in [7, 11) is 0. The maximum Gasteiger partial charge on any atom is 0.125 e. The highest BCUT2D eigenvalue weighted by molar-refractivity contribution is 5.74. The van der Waals surface area contributed by atoms with Gasteiger partial charge < -0.3 is 0 Å². The van der Waals surface area contributed by atoms with Gasteiger partial charge in [0.2, 0.25) is 0 Å². The van der Waals surface area contributed by atoms with Crippen LogP contribution in [0.15, 0.2) is 24.4 Å². The second kappa shape index (κ2) is 4.80. The van der Waals surface area contributed by atoms with Gasteiger partial charge in [-0.15, -0.1) is 0 Å². The van der Waals surface area contributed by atoms with Crippen LogP contribution < -0.4 is 0 Å². The SMILES string of the molecule is CC(C)[C@](C)(c1cnc2cc(F)ccc2n1)C(C)(C)C. The predicted molar refractivity (Wildman–Crippen MR) is 81.1 cm³/mol. The Kier molecular flexibility index (Phi) is 3.57. The normalized spacial score (nSPS) is 15.6. The quantitative estimate of drug-likeness (QED) is 0.791. The van der Waals surface area contributed by atoms with Crippen LogP contribution in [0, 0.1) is 17.2 Å². The molecule has 0 amide bonds. The number of hydrogen-bond donors (Lipinski definition) is 0. The minimum atomic E-state index is -0.276. The van der Waals surface area contributed by atoms with Gasteiger partial charge in [0.05, 0.1) is 16.7 Å². The van der Waals surface area contributed by atoms with E-state index in [0.717, 1.165) is 11.2 Å². The summed E-state index contributed by atoms with van der Waals surface area (Å²) in [5, 5.41) is 0. The van der Waals surface area contributed by atoms with Gasteiger partial charge in [0.25, 0.3) is 0 Å². The first-order valence-corrected chi connectivity index (χ1v) is 7.09. The van der Waals surface area contributed by atoms with E-state index in [-0.39, 0.29) is 16.6 Å². The molecule has 0 fully saturated rings. The van der Waals surface area contributed by atoms with E-state index >= 15 is 0 Å². The topological polar surface area (TPSA) is 25.8 Å². The summed E-state index contributed by atoms with van der Waals surface area (Å²) >= 11 is 0. The smallest absolute Gasteiger partial charge is 0.125 e. The number of halogens is 1. The van der Waals surface area contributed by atoms with Crippen molar-refractivity contribution < 1.29 is 4.39 Å². The van der Waals surface area contributed by atoms with Gasteiger partial charge in [-0.3, -0.25) is 4.98 Å². The maximum atomic E-state index is 13.2. The van der Waals surface area contributed by atoms with E-state index in [4.69, 9.17) is 4.98 Å². The van der Waals surface area contributed by atoms with Crippen LogP contribution in [0.1, 0.15) is 47.2 Å². The molecule has 0 aliphatic rings. The summed E-state index contributed by atoms with van der Waals surface area (Å²) < 4.78 is 13.2. The molecule has 0 saturated heterocycles. The van der Waals surface area contributed by atoms with Gasteiger partial charge in [0, 0.05) is 17.7 Å². The zero-order chi connectivity index (χ0) is 15.1. The third-order valence-corrected chi connectivity index (χ3v) is 4.75. The Bertz CT molecular complexity index is 628. The molecule has 0 N–H and O–H groups in total. The van der Waals surface area contributed by atoms with Crippen LogP contribution in [0.3, 0.4) is 0 Å². The molecular formula is C17H23FN2. The molecule has 1 aromatic heterocycles. The van der Waals surface area contributed by atoms with E-state index in [9.17, 15) is 4.39 Å². The average Bonchev–Trinajstić information content (AvgIpc) is 2.35. The van der Waals surface area contributed by atoms with Crippen molar-refractivity contribution in [3.8, 4) is 0 Å². The van der Waals surface area contributed by atoms with Crippen LogP contribution in [-0.4, -0.2) is 9.97 Å². The standard InChI is InChI=1S/C17H23FN2/c1-11(2)17(6,16(3,4)5)15-10-19-14-9-12(18)7-8-13(14)20-15/h7-11H,1-6H3/t17-/m1/s1. The number of nitrogens with zero attached hydrogens (tertiary/aromatic N) is 2. The Labute approximate surface area is 120 Å². The molecule has 1 atom stereocenters. The Morgan fingerprint density at radius 1 is 1.05 bits per heavy atom. The van der Waals surface area contributed by atoms with Crippen molar-refractivity contribution in [2.75, 3.05) is 0 Å². The highest BCUT2D eigenvalue weighted by Crippen LogP contribution is 2.46. The minimum absolute atomic E-state index is 0.0591. The van der Waals surface area contributed by atoms with Crippen molar-refractivity contribution in [2.24, 2.45) is 11.3 Å². The lowest BCUT2D eigenvalue weighted by molar-refractivity contribution is 0.137. The van der Waals surface area contributed by atoms with Gasteiger partial charge in [-0.25, -0.2) is 9.37 Å². The highest BCUT2D eigenvalue weighted by Gasteiger charge is 2.43. The summed E-state index contributed by atoms with van der Waals surface area (Å²) in [6.45, 7) is 13.3. The third-order valence-electron chi connectivity index (χ3n) is 4.75. The number of fused-ring (bicyclic) bond motifs is 1. The molecule has 3 heteroatoms. The van der Waals surface area contributed by atoms with E-state index in [2.05, 4.69) is 46.5 Å². The average molecular weight is 274 g/mol. The van der Waals surface area contributed by atoms with E-state index in [1.165, 1.54) is 12.1 Å². The molecule has 2 rings (SSSR count). The lowest BCUT2D eigenvalue weighted by atomic mass is 9.60. The van der Waals surface area contributed by atoms with Crippen LogP contribution in [0.25, 0.3) is 11.0 Å². The van der Waals surface area contributed by atoms with Crippen LogP contribution in [0.2, 0.25) is 0 Å². The molecule has 0 aliphatic carbocycles. The lowest BCUT2D eigenvalue weighted by Crippen LogP contribution is -2.42. The van der Waals surface area contributed by atoms with E-state index in [1.54, 1.807) is 12.3 Å². The molecule has 2 aromatic rings. The fourth-order valence-corrected chi connectivity index (χ4v) is 2.78. The Morgan fingerprint density at radius 2 is 1.70 bits per heavy atom. The number of rotatable bonds is 2. The predicted octanol–water partition coefficient (Wildman–Crippen LogP) is 4.73. The van der Waals surface area contributed by atoms with Gasteiger partial charge in [-0.1, -0.05) is 41.5 Å². The summed E-state index contributed by atoms with van der Waals surface area (Å²) in [5.41, 5.74) is 2.29. The van der Waals surface area contributed by atoms with Gasteiger partial charge in [-0.2, -0.15) is 0 Å². The Hall–Kier alpha value is -1.51. The van der Waals surface area contributed by atoms with Crippen molar-refractivity contribution >= 4 is 11.0 Å². The fourth-order valence-electron chi connectivity index (χ4n) is 2.78. The van der Waals surface area contributed by atoms with E-state index < -0.39 is 0 Å². The summed E-state index contributed by atoms with van der Waals surface area (Å²) in [6.07, 6.45) is 1.80. The summed E-state index contributed by atoms with van der Waals surface area (Å²) in [6, 6.07) is 4.56. The molecular weight excluding hydrogens is 251 g/mol. The second-order valence-electron chi connectivity index (χ2n) is 7.00. The molecule has 2 nitrogen and oxygen atoms in total. The monoisotopic (exact) mass is 274 g/mol. The van der Waals surface area contributed by atoms with Crippen LogP contribution in [0.4, 0.5) is 4.39 Å². The van der Waals surface area contributed by atoms with Crippen molar-refractivity contribution in [1.82, 2.24) is 9.97 Å². The lowest BCUT2D eigenvalue weighted by Gasteiger charge is -2.44. The minimum Gasteiger partial charge on any atom is -0.253 e. The number of benzene rings is 1. The van der Waals surface area contributed by atoms with E-state index in [0.29, 0.717) is 11.4 Å². The Balaban J connectivity index is 2.64. The number of aromatic nitrogens is 2. The van der Waals surface area contributed by atoms with Crippen molar-refractivity contribution in [3.05, 3.63) is 35.9 Å². The molecule has 0 unspecified atom stereocenters. The molecule has 0 spiro atoms. The van der Waals surface area contributed by atoms with Gasteiger partial charge in [-0.05, 0) is 23.5 Å². The molecule has 20 heavy (non-hydrogen) atoms. The first-order valence-electron chi connectivity index (χ1n) is 7.09. The fraction of sp³-hybridized carbons (Fsp3) is 0.529. The molecule has 0 radical (unpaired) electrons. The molecule has 1 heterocycles. The molecule has 0 bridgehead atoms. The molecule has 0 aliphatic heterocycles. The van der Waals surface area contributed by atoms with Gasteiger partial charge >= 0.3 is 0 Å². The summed E-state index contributed by atoms with van der Waals surface area (Å²) in [5.74, 6) is 0.150. The van der Waals surface area contributed by atoms with Crippen molar-refractivity contribution in [1.29, 1.82) is 0 Å². The summed E-state index contributed by atoms with van der Waals surface area (Å²) in [4.78, 5) is 9.15. The first-order chi connectivity index (χ1) is 9.16. The highest BCUT2D eigenvalue weighted by atomic mass is 19.1. The maximum absolute atomic E-state index is 13.2. The zero-order valence-corrected chi connectivity index (χ0v) is 13.2. The van der Waals surface area contributed by atoms with Gasteiger partial charge in [0.1, 0.15) is 5.82 Å². The molecule has 108 valence electrons. The zero-order valence-electron chi connectivity index (χ0n) is 13.2. The molecule has 0 saturated carbocycles. The Morgan fingerprint density at radius 3 is 2.25 bits per heavy atom. The third kappa shape index (κ3) is 2.30. The van der Waals surface area contributed by atoms with E-state index in [1.807, 2.05) is 0 Å². The van der Waals surface area contributed by atoms with Crippen molar-refractivity contribution in [3.63, 3.8) is 0 Å². The van der Waals surface area contributed by atoms with Gasteiger partial charge in [0.15, 0.2) is 0 Å². The second-order valence-corrected chi connectivity index (χ2v) is 7.00. The van der Waals surface area contributed by atoms with Crippen LogP contribution in [0.5, 0.6) is 0 Å².